The van der Waals surface area contributed by atoms with Gasteiger partial charge in [-0.3, -0.25) is 4.79 Å². The molecule has 3 heterocycles. The summed E-state index contributed by atoms with van der Waals surface area (Å²) < 4.78 is 25.1. The molecule has 0 aliphatic carbocycles. The van der Waals surface area contributed by atoms with Crippen molar-refractivity contribution in [3.05, 3.63) is 28.0 Å². The Balaban J connectivity index is 1.73. The second kappa shape index (κ2) is 5.89. The largest absolute Gasteiger partial charge is 0.369 e. The van der Waals surface area contributed by atoms with Gasteiger partial charge in [0.2, 0.25) is 5.91 Å². The number of hydrogen-bond donors (Lipinski definition) is 0. The van der Waals surface area contributed by atoms with Crippen LogP contribution in [0, 0.1) is 0 Å². The van der Waals surface area contributed by atoms with Gasteiger partial charge in [0.15, 0.2) is 9.84 Å². The number of carbonyl (C=O) groups excluding carboxylic acids is 1. The van der Waals surface area contributed by atoms with E-state index < -0.39 is 15.5 Å². The summed E-state index contributed by atoms with van der Waals surface area (Å²) in [7, 11) is -1.53. The Morgan fingerprint density at radius 2 is 2.26 bits per heavy atom. The number of hydrogen-bond acceptors (Lipinski definition) is 7. The molecule has 0 N–H and O–H groups in total. The lowest BCUT2D eigenvalue weighted by Crippen LogP contribution is -2.41. The number of amides is 1. The second-order valence-corrected chi connectivity index (χ2v) is 8.50. The Labute approximate surface area is 136 Å². The summed E-state index contributed by atoms with van der Waals surface area (Å²) in [5, 5.41) is 9.88. The summed E-state index contributed by atoms with van der Waals surface area (Å²) in [5.41, 5.74) is -0.506. The van der Waals surface area contributed by atoms with Crippen LogP contribution in [0.3, 0.4) is 0 Å². The fourth-order valence-electron chi connectivity index (χ4n) is 2.43. The van der Waals surface area contributed by atoms with E-state index in [0.717, 1.165) is 9.36 Å². The number of sulfone groups is 1. The summed E-state index contributed by atoms with van der Waals surface area (Å²) in [6.45, 7) is -0.267. The first kappa shape index (κ1) is 15.9. The average molecular weight is 357 g/mol. The van der Waals surface area contributed by atoms with E-state index in [-0.39, 0.29) is 30.0 Å². The van der Waals surface area contributed by atoms with Crippen molar-refractivity contribution >= 4 is 27.1 Å². The molecule has 1 fully saturated rings. The van der Waals surface area contributed by atoms with E-state index in [1.807, 2.05) is 0 Å². The van der Waals surface area contributed by atoms with E-state index in [0.29, 0.717) is 11.4 Å². The number of rotatable bonds is 4. The maximum atomic E-state index is 12.3. The zero-order valence-electron chi connectivity index (χ0n) is 12.3. The molecule has 11 heteroatoms. The first-order valence-electron chi connectivity index (χ1n) is 6.90. The SMILES string of the molecule is CN(C(=O)Cn1nnn(-c2cccs2)c1=O)[C@@H]1CCS(=O)(=O)C1. The summed E-state index contributed by atoms with van der Waals surface area (Å²) in [6, 6.07) is 3.16. The Morgan fingerprint density at radius 1 is 1.48 bits per heavy atom. The van der Waals surface area contributed by atoms with Crippen molar-refractivity contribution in [2.24, 2.45) is 0 Å². The molecule has 1 atom stereocenters. The van der Waals surface area contributed by atoms with E-state index in [1.165, 1.54) is 16.2 Å². The van der Waals surface area contributed by atoms with Crippen molar-refractivity contribution < 1.29 is 13.2 Å². The van der Waals surface area contributed by atoms with Gasteiger partial charge in [-0.25, -0.2) is 13.2 Å². The fraction of sp³-hybridized carbons (Fsp3) is 0.500. The van der Waals surface area contributed by atoms with Crippen molar-refractivity contribution in [3.8, 4) is 5.00 Å². The third-order valence-electron chi connectivity index (χ3n) is 3.79. The van der Waals surface area contributed by atoms with Gasteiger partial charge in [0.1, 0.15) is 11.5 Å². The van der Waals surface area contributed by atoms with Crippen molar-refractivity contribution in [1.82, 2.24) is 24.7 Å². The average Bonchev–Trinajstić information content (AvgIpc) is 3.20. The third kappa shape index (κ3) is 3.20. The maximum Gasteiger partial charge on any atom is 0.369 e. The van der Waals surface area contributed by atoms with Crippen LogP contribution < -0.4 is 5.69 Å². The molecule has 1 amide bonds. The summed E-state index contributed by atoms with van der Waals surface area (Å²) in [4.78, 5) is 25.8. The normalized spacial score (nSPS) is 19.8. The maximum absolute atomic E-state index is 12.3. The van der Waals surface area contributed by atoms with Crippen molar-refractivity contribution in [1.29, 1.82) is 0 Å². The molecule has 1 aliphatic heterocycles. The molecule has 2 aromatic rings. The minimum absolute atomic E-state index is 0.0357. The molecule has 9 nitrogen and oxygen atoms in total. The molecular weight excluding hydrogens is 342 g/mol. The van der Waals surface area contributed by atoms with E-state index in [1.54, 1.807) is 24.6 Å². The molecule has 0 radical (unpaired) electrons. The first-order chi connectivity index (χ1) is 10.9. The van der Waals surface area contributed by atoms with Gasteiger partial charge in [-0.15, -0.1) is 11.3 Å². The van der Waals surface area contributed by atoms with Crippen LogP contribution >= 0.6 is 11.3 Å². The van der Waals surface area contributed by atoms with Gasteiger partial charge in [-0.05, 0) is 34.4 Å². The standard InChI is InChI=1S/C12H15N5O4S2/c1-15(9-4-6-23(20,21)8-9)10(18)7-16-12(19)17(14-13-16)11-3-2-5-22-11/h2-3,5,9H,4,6-8H2,1H3/t9-/m1/s1. The van der Waals surface area contributed by atoms with Gasteiger partial charge in [-0.1, -0.05) is 0 Å². The van der Waals surface area contributed by atoms with E-state index in [9.17, 15) is 18.0 Å². The van der Waals surface area contributed by atoms with E-state index in [2.05, 4.69) is 10.4 Å². The first-order valence-corrected chi connectivity index (χ1v) is 9.60. The van der Waals surface area contributed by atoms with Crippen molar-refractivity contribution in [2.75, 3.05) is 18.6 Å². The zero-order chi connectivity index (χ0) is 16.6. The Hall–Kier alpha value is -2.01. The molecule has 0 bridgehead atoms. The smallest absolute Gasteiger partial charge is 0.340 e. The minimum Gasteiger partial charge on any atom is -0.340 e. The van der Waals surface area contributed by atoms with E-state index >= 15 is 0 Å². The van der Waals surface area contributed by atoms with Crippen LogP contribution in [0.5, 0.6) is 0 Å². The van der Waals surface area contributed by atoms with Gasteiger partial charge in [0, 0.05) is 13.1 Å². The fourth-order valence-corrected chi connectivity index (χ4v) is 4.87. The molecular formula is C12H15N5O4S2. The second-order valence-electron chi connectivity index (χ2n) is 5.34. The van der Waals surface area contributed by atoms with E-state index in [4.69, 9.17) is 0 Å². The lowest BCUT2D eigenvalue weighted by molar-refractivity contribution is -0.132. The van der Waals surface area contributed by atoms with Crippen LogP contribution in [0.25, 0.3) is 5.00 Å². The van der Waals surface area contributed by atoms with Crippen LogP contribution in [0.2, 0.25) is 0 Å². The summed E-state index contributed by atoms with van der Waals surface area (Å²) in [5.74, 6) is -0.317. The number of nitrogens with zero attached hydrogens (tertiary/aromatic N) is 5. The molecule has 23 heavy (non-hydrogen) atoms. The lowest BCUT2D eigenvalue weighted by atomic mass is 10.2. The highest BCUT2D eigenvalue weighted by molar-refractivity contribution is 7.91. The monoisotopic (exact) mass is 357 g/mol. The van der Waals surface area contributed by atoms with Gasteiger partial charge >= 0.3 is 5.69 Å². The minimum atomic E-state index is -3.07. The van der Waals surface area contributed by atoms with Gasteiger partial charge in [0.05, 0.1) is 11.5 Å². The van der Waals surface area contributed by atoms with Crippen LogP contribution in [0.1, 0.15) is 6.42 Å². The highest BCUT2D eigenvalue weighted by atomic mass is 32.2. The highest BCUT2D eigenvalue weighted by Gasteiger charge is 2.33. The summed E-state index contributed by atoms with van der Waals surface area (Å²) in [6.07, 6.45) is 0.418. The molecule has 1 aliphatic rings. The predicted molar refractivity (Wildman–Crippen MR) is 83.3 cm³/mol. The van der Waals surface area contributed by atoms with Gasteiger partial charge in [0.25, 0.3) is 0 Å². The molecule has 0 saturated carbocycles. The quantitative estimate of drug-likeness (QED) is 0.704. The Morgan fingerprint density at radius 3 is 2.87 bits per heavy atom. The van der Waals surface area contributed by atoms with Crippen molar-refractivity contribution in [2.45, 2.75) is 19.0 Å². The number of aromatic nitrogens is 4. The van der Waals surface area contributed by atoms with Gasteiger partial charge in [-0.2, -0.15) is 9.36 Å². The summed E-state index contributed by atoms with van der Waals surface area (Å²) >= 11 is 1.33. The third-order valence-corrected chi connectivity index (χ3v) is 6.38. The molecule has 2 aromatic heterocycles. The predicted octanol–water partition coefficient (Wildman–Crippen LogP) is -0.864. The topological polar surface area (TPSA) is 107 Å². The molecule has 0 unspecified atom stereocenters. The lowest BCUT2D eigenvalue weighted by Gasteiger charge is -2.22. The number of thiophene rings is 1. The number of carbonyl (C=O) groups is 1. The number of tetrazole rings is 1. The van der Waals surface area contributed by atoms with Crippen LogP contribution in [-0.2, 0) is 21.2 Å². The molecule has 124 valence electrons. The highest BCUT2D eigenvalue weighted by Crippen LogP contribution is 2.16. The Bertz CT molecular complexity index is 868. The molecule has 0 spiro atoms. The Kier molecular flexibility index (Phi) is 4.06. The number of likely N-dealkylation sites (N-methyl/N-ethyl adjacent to an activating group) is 1. The van der Waals surface area contributed by atoms with Crippen LogP contribution in [0.4, 0.5) is 0 Å². The van der Waals surface area contributed by atoms with Crippen molar-refractivity contribution in [3.63, 3.8) is 0 Å². The molecule has 3 rings (SSSR count). The van der Waals surface area contributed by atoms with Crippen LogP contribution in [-0.4, -0.2) is 63.6 Å². The zero-order valence-corrected chi connectivity index (χ0v) is 14.0. The molecule has 1 saturated heterocycles. The molecule has 0 aromatic carbocycles. The van der Waals surface area contributed by atoms with Crippen LogP contribution in [0.15, 0.2) is 22.3 Å². The van der Waals surface area contributed by atoms with Gasteiger partial charge < -0.3 is 4.90 Å².